The van der Waals surface area contributed by atoms with E-state index in [1.807, 2.05) is 6.92 Å². The number of amides is 2. The van der Waals surface area contributed by atoms with Gasteiger partial charge in [0.1, 0.15) is 6.10 Å². The Labute approximate surface area is 149 Å². The van der Waals surface area contributed by atoms with Crippen molar-refractivity contribution in [3.63, 3.8) is 0 Å². The lowest BCUT2D eigenvalue weighted by Crippen LogP contribution is -2.39. The van der Waals surface area contributed by atoms with Crippen molar-refractivity contribution in [2.75, 3.05) is 19.6 Å². The maximum Gasteiger partial charge on any atom is 0.416 e. The summed E-state index contributed by atoms with van der Waals surface area (Å²) in [5, 5.41) is 2.53. The van der Waals surface area contributed by atoms with E-state index >= 15 is 0 Å². The highest BCUT2D eigenvalue weighted by Gasteiger charge is 2.36. The molecular weight excluding hydrogens is 375 g/mol. The smallest absolute Gasteiger partial charge is 0.336 e. The van der Waals surface area contributed by atoms with Crippen LogP contribution in [-0.2, 0) is 21.0 Å². The van der Waals surface area contributed by atoms with E-state index in [-0.39, 0.29) is 13.1 Å². The van der Waals surface area contributed by atoms with Gasteiger partial charge in [-0.25, -0.2) is 18.7 Å². The lowest BCUT2D eigenvalue weighted by Gasteiger charge is -2.18. The summed E-state index contributed by atoms with van der Waals surface area (Å²) in [7, 11) is -4.08. The normalized spacial score (nSPS) is 18.7. The van der Waals surface area contributed by atoms with Crippen LogP contribution in [0.25, 0.3) is 0 Å². The minimum atomic E-state index is -4.63. The third-order valence-electron chi connectivity index (χ3n) is 3.76. The summed E-state index contributed by atoms with van der Waals surface area (Å²) >= 11 is 0. The monoisotopic (exact) mass is 395 g/mol. The number of urea groups is 1. The molecule has 2 N–H and O–H groups in total. The fourth-order valence-electron chi connectivity index (χ4n) is 2.41. The van der Waals surface area contributed by atoms with Crippen molar-refractivity contribution in [3.8, 4) is 0 Å². The summed E-state index contributed by atoms with van der Waals surface area (Å²) < 4.78 is 64.5. The fourth-order valence-corrected chi connectivity index (χ4v) is 3.94. The minimum absolute atomic E-state index is 0.0629. The molecule has 1 fully saturated rings. The van der Waals surface area contributed by atoms with Gasteiger partial charge in [-0.1, -0.05) is 13.0 Å². The molecule has 2 amide bonds. The molecule has 2 rings (SSSR count). The molecule has 1 aromatic carbocycles. The summed E-state index contributed by atoms with van der Waals surface area (Å²) in [4.78, 5) is 16.1. The van der Waals surface area contributed by atoms with Crippen LogP contribution in [0.3, 0.4) is 0 Å². The van der Waals surface area contributed by atoms with Crippen molar-refractivity contribution in [2.45, 2.75) is 36.9 Å². The number of halogens is 3. The van der Waals surface area contributed by atoms with Gasteiger partial charge in [0.15, 0.2) is 0 Å². The van der Waals surface area contributed by atoms with Gasteiger partial charge in [-0.2, -0.15) is 17.5 Å². The first-order valence-electron chi connectivity index (χ1n) is 8.01. The number of carbonyl (C=O) groups excluding carboxylic acids is 1. The van der Waals surface area contributed by atoms with Gasteiger partial charge in [0.25, 0.3) is 0 Å². The second kappa shape index (κ2) is 8.23. The second-order valence-corrected chi connectivity index (χ2v) is 7.71. The molecule has 1 atom stereocenters. The largest absolute Gasteiger partial charge is 0.416 e. The zero-order valence-corrected chi connectivity index (χ0v) is 14.9. The molecule has 0 spiro atoms. The SMILES string of the molecule is CCCNC(=O)NO[C@@H]1CCN(S(=O)(=O)c2cccc(C(F)(F)F)c2)C1. The molecule has 1 aromatic rings. The van der Waals surface area contributed by atoms with Crippen LogP contribution < -0.4 is 10.8 Å². The first kappa shape index (κ1) is 20.5. The molecule has 1 aliphatic rings. The van der Waals surface area contributed by atoms with Gasteiger partial charge in [-0.3, -0.25) is 4.84 Å². The van der Waals surface area contributed by atoms with Gasteiger partial charge in [0, 0.05) is 19.6 Å². The highest BCUT2D eigenvalue weighted by Crippen LogP contribution is 2.31. The van der Waals surface area contributed by atoms with E-state index < -0.39 is 38.8 Å². The molecule has 1 aliphatic heterocycles. The van der Waals surface area contributed by atoms with E-state index in [1.54, 1.807) is 0 Å². The van der Waals surface area contributed by atoms with Gasteiger partial charge in [0.2, 0.25) is 10.0 Å². The second-order valence-electron chi connectivity index (χ2n) is 5.78. The quantitative estimate of drug-likeness (QED) is 0.723. The molecule has 146 valence electrons. The van der Waals surface area contributed by atoms with Crippen molar-refractivity contribution in [1.82, 2.24) is 15.1 Å². The lowest BCUT2D eigenvalue weighted by molar-refractivity contribution is -0.137. The topological polar surface area (TPSA) is 87.7 Å². The standard InChI is InChI=1S/C15H20F3N3O4S/c1-2-7-19-14(22)20-25-12-6-8-21(10-12)26(23,24)13-5-3-4-11(9-13)15(16,17)18/h3-5,9,12H,2,6-8,10H2,1H3,(H2,19,20,22)/t12-/m1/s1. The number of hydrogen-bond donors (Lipinski definition) is 2. The Balaban J connectivity index is 2.00. The highest BCUT2D eigenvalue weighted by atomic mass is 32.2. The molecule has 0 saturated carbocycles. The van der Waals surface area contributed by atoms with E-state index in [1.165, 1.54) is 0 Å². The zero-order valence-electron chi connectivity index (χ0n) is 14.0. The van der Waals surface area contributed by atoms with Crippen molar-refractivity contribution >= 4 is 16.1 Å². The number of sulfonamides is 1. The fraction of sp³-hybridized carbons (Fsp3) is 0.533. The number of nitrogens with zero attached hydrogens (tertiary/aromatic N) is 1. The van der Waals surface area contributed by atoms with E-state index in [4.69, 9.17) is 4.84 Å². The Morgan fingerprint density at radius 1 is 1.38 bits per heavy atom. The number of carbonyl (C=O) groups is 1. The molecule has 0 radical (unpaired) electrons. The van der Waals surface area contributed by atoms with Crippen LogP contribution in [0.4, 0.5) is 18.0 Å². The predicted octanol–water partition coefficient (Wildman–Crippen LogP) is 2.11. The minimum Gasteiger partial charge on any atom is -0.336 e. The maximum atomic E-state index is 12.8. The van der Waals surface area contributed by atoms with E-state index in [2.05, 4.69) is 10.8 Å². The van der Waals surface area contributed by atoms with E-state index in [0.717, 1.165) is 28.9 Å². The number of hydroxylamine groups is 1. The van der Waals surface area contributed by atoms with Crippen LogP contribution in [0.15, 0.2) is 29.2 Å². The van der Waals surface area contributed by atoms with Crippen LogP contribution >= 0.6 is 0 Å². The summed E-state index contributed by atoms with van der Waals surface area (Å²) in [6.45, 7) is 2.37. The molecule has 0 bridgehead atoms. The molecule has 1 heterocycles. The summed E-state index contributed by atoms with van der Waals surface area (Å²) in [5.41, 5.74) is 1.15. The Morgan fingerprint density at radius 2 is 2.12 bits per heavy atom. The maximum absolute atomic E-state index is 12.8. The number of alkyl halides is 3. The van der Waals surface area contributed by atoms with Crippen molar-refractivity contribution in [3.05, 3.63) is 29.8 Å². The van der Waals surface area contributed by atoms with E-state index in [0.29, 0.717) is 19.0 Å². The number of benzene rings is 1. The zero-order chi connectivity index (χ0) is 19.4. The van der Waals surface area contributed by atoms with Gasteiger partial charge in [0.05, 0.1) is 10.5 Å². The van der Waals surface area contributed by atoms with Gasteiger partial charge >= 0.3 is 12.2 Å². The number of rotatable bonds is 6. The van der Waals surface area contributed by atoms with Crippen molar-refractivity contribution < 1.29 is 31.2 Å². The Hall–Kier alpha value is -1.85. The van der Waals surface area contributed by atoms with Crippen LogP contribution in [0.1, 0.15) is 25.3 Å². The number of nitrogens with one attached hydrogen (secondary N) is 2. The van der Waals surface area contributed by atoms with Gasteiger partial charge < -0.3 is 5.32 Å². The summed E-state index contributed by atoms with van der Waals surface area (Å²) in [5.74, 6) is 0. The van der Waals surface area contributed by atoms with Crippen LogP contribution in [0.2, 0.25) is 0 Å². The molecule has 7 nitrogen and oxygen atoms in total. The van der Waals surface area contributed by atoms with Gasteiger partial charge in [-0.05, 0) is 31.0 Å². The molecular formula is C15H20F3N3O4S. The third-order valence-corrected chi connectivity index (χ3v) is 5.62. The average Bonchev–Trinajstić information content (AvgIpc) is 3.07. The van der Waals surface area contributed by atoms with Crippen LogP contribution in [0, 0.1) is 0 Å². The molecule has 1 saturated heterocycles. The molecule has 0 aromatic heterocycles. The number of hydrogen-bond acceptors (Lipinski definition) is 4. The Bertz CT molecular complexity index is 740. The first-order chi connectivity index (χ1) is 12.1. The third kappa shape index (κ3) is 5.08. The summed E-state index contributed by atoms with van der Waals surface area (Å²) in [6, 6.07) is 3.06. The first-order valence-corrected chi connectivity index (χ1v) is 9.45. The van der Waals surface area contributed by atoms with Gasteiger partial charge in [-0.15, -0.1) is 0 Å². The highest BCUT2D eigenvalue weighted by molar-refractivity contribution is 7.89. The van der Waals surface area contributed by atoms with E-state index in [9.17, 15) is 26.4 Å². The molecule has 0 unspecified atom stereocenters. The van der Waals surface area contributed by atoms with Crippen molar-refractivity contribution in [1.29, 1.82) is 0 Å². The summed E-state index contributed by atoms with van der Waals surface area (Å²) in [6.07, 6.45) is -4.15. The average molecular weight is 395 g/mol. The molecule has 11 heteroatoms. The molecule has 26 heavy (non-hydrogen) atoms. The molecule has 0 aliphatic carbocycles. The van der Waals surface area contributed by atoms with Crippen LogP contribution in [0.5, 0.6) is 0 Å². The Morgan fingerprint density at radius 3 is 2.77 bits per heavy atom. The Kier molecular flexibility index (Phi) is 6.48. The predicted molar refractivity (Wildman–Crippen MR) is 86.5 cm³/mol. The van der Waals surface area contributed by atoms with Crippen molar-refractivity contribution in [2.24, 2.45) is 0 Å². The van der Waals surface area contributed by atoms with Crippen LogP contribution in [-0.4, -0.2) is 44.5 Å². The lowest BCUT2D eigenvalue weighted by atomic mass is 10.2.